The summed E-state index contributed by atoms with van der Waals surface area (Å²) in [5.41, 5.74) is 0.806. The maximum atomic E-state index is 9.60. The molecule has 0 aromatic rings. The Kier molecular flexibility index (Phi) is 3.14. The van der Waals surface area contributed by atoms with Crippen LogP contribution in [0.25, 0.3) is 0 Å². The highest BCUT2D eigenvalue weighted by molar-refractivity contribution is 5.84. The number of allylic oxidation sites excluding steroid dienone is 2. The second kappa shape index (κ2) is 3.99. The largest absolute Gasteiger partial charge is 0.478 e. The van der Waals surface area contributed by atoms with Crippen LogP contribution >= 0.6 is 0 Å². The van der Waals surface area contributed by atoms with Gasteiger partial charge in [-0.05, 0) is 37.5 Å². The minimum Gasteiger partial charge on any atom is -0.478 e. The molecule has 0 aromatic carbocycles. The lowest BCUT2D eigenvalue weighted by Crippen LogP contribution is -2.02. The fourth-order valence-electron chi connectivity index (χ4n) is 2.00. The van der Waals surface area contributed by atoms with Crippen molar-refractivity contribution in [3.63, 3.8) is 0 Å². The van der Waals surface area contributed by atoms with Crippen molar-refractivity contribution in [2.45, 2.75) is 33.1 Å². The van der Waals surface area contributed by atoms with Crippen molar-refractivity contribution in [2.24, 2.45) is 11.3 Å². The number of carbonyl (C=O) groups is 1. The molecule has 14 heavy (non-hydrogen) atoms. The van der Waals surface area contributed by atoms with Gasteiger partial charge in [0.25, 0.3) is 0 Å². The van der Waals surface area contributed by atoms with Gasteiger partial charge in [-0.1, -0.05) is 25.7 Å². The van der Waals surface area contributed by atoms with Gasteiger partial charge in [0, 0.05) is 5.57 Å². The van der Waals surface area contributed by atoms with Crippen LogP contribution in [0.4, 0.5) is 0 Å². The van der Waals surface area contributed by atoms with E-state index < -0.39 is 5.97 Å². The Bertz CT molecular complexity index is 266. The molecule has 0 aliphatic heterocycles. The molecule has 2 atom stereocenters. The first-order valence-corrected chi connectivity index (χ1v) is 5.01. The van der Waals surface area contributed by atoms with E-state index in [4.69, 9.17) is 5.11 Å². The average Bonchev–Trinajstić information content (AvgIpc) is 2.62. The van der Waals surface area contributed by atoms with E-state index in [0.717, 1.165) is 5.92 Å². The lowest BCUT2D eigenvalue weighted by Gasteiger charge is -2.14. The molecule has 2 aliphatic carbocycles. The molecular formula is C12H18O2. The molecule has 1 fully saturated rings. The van der Waals surface area contributed by atoms with Crippen molar-refractivity contribution in [1.82, 2.24) is 0 Å². The summed E-state index contributed by atoms with van der Waals surface area (Å²) in [5, 5.41) is 7.89. The van der Waals surface area contributed by atoms with Crippen LogP contribution in [0.3, 0.4) is 0 Å². The Balaban J connectivity index is 0.000000149. The van der Waals surface area contributed by atoms with Crippen molar-refractivity contribution >= 4 is 5.97 Å². The molecule has 2 heteroatoms. The van der Waals surface area contributed by atoms with Crippen molar-refractivity contribution < 1.29 is 9.90 Å². The summed E-state index contributed by atoms with van der Waals surface area (Å²) in [6.07, 6.45) is 9.12. The van der Waals surface area contributed by atoms with Gasteiger partial charge < -0.3 is 5.11 Å². The number of hydrogen-bond acceptors (Lipinski definition) is 1. The summed E-state index contributed by atoms with van der Waals surface area (Å²) < 4.78 is 0. The highest BCUT2D eigenvalue weighted by Gasteiger charge is 2.36. The van der Waals surface area contributed by atoms with Crippen LogP contribution in [0, 0.1) is 11.3 Å². The lowest BCUT2D eigenvalue weighted by molar-refractivity contribution is -0.132. The van der Waals surface area contributed by atoms with Crippen LogP contribution in [0.5, 0.6) is 0 Å². The van der Waals surface area contributed by atoms with Gasteiger partial charge in [0.05, 0.1) is 0 Å². The molecule has 0 saturated heterocycles. The zero-order valence-corrected chi connectivity index (χ0v) is 8.92. The predicted molar refractivity (Wildman–Crippen MR) is 57.0 cm³/mol. The first-order valence-electron chi connectivity index (χ1n) is 5.01. The summed E-state index contributed by atoms with van der Waals surface area (Å²) in [6.45, 7) is 6.97. The van der Waals surface area contributed by atoms with E-state index in [1.54, 1.807) is 0 Å². The first kappa shape index (κ1) is 11.0. The number of hydrogen-bond donors (Lipinski definition) is 1. The van der Waals surface area contributed by atoms with E-state index in [0.29, 0.717) is 5.41 Å². The molecule has 1 N–H and O–H groups in total. The maximum absolute atomic E-state index is 9.60. The lowest BCUT2D eigenvalue weighted by atomic mass is 9.91. The number of carboxylic acid groups (broad SMARTS) is 1. The molecule has 0 spiro atoms. The highest BCUT2D eigenvalue weighted by Crippen LogP contribution is 2.48. The van der Waals surface area contributed by atoms with Gasteiger partial charge in [0.1, 0.15) is 0 Å². The summed E-state index contributed by atoms with van der Waals surface area (Å²) in [4.78, 5) is 9.60. The molecule has 0 amide bonds. The third kappa shape index (κ3) is 2.72. The van der Waals surface area contributed by atoms with Gasteiger partial charge in [0.15, 0.2) is 0 Å². The minimum atomic E-state index is -0.935. The summed E-state index contributed by atoms with van der Waals surface area (Å²) in [5.74, 6) is 0.0231. The Morgan fingerprint density at radius 2 is 2.21 bits per heavy atom. The van der Waals surface area contributed by atoms with Crippen LogP contribution in [-0.4, -0.2) is 11.1 Å². The van der Waals surface area contributed by atoms with Crippen molar-refractivity contribution in [3.8, 4) is 0 Å². The molecule has 2 aliphatic rings. The SMILES string of the molecule is C=C(C)C(=O)O.CC12C=CC(CC1)C2. The molecule has 0 aromatic heterocycles. The fraction of sp³-hybridized carbons (Fsp3) is 0.583. The Morgan fingerprint density at radius 1 is 1.64 bits per heavy atom. The summed E-state index contributed by atoms with van der Waals surface area (Å²) in [6, 6.07) is 0. The van der Waals surface area contributed by atoms with E-state index in [-0.39, 0.29) is 5.57 Å². The zero-order chi connectivity index (χ0) is 10.8. The van der Waals surface area contributed by atoms with Gasteiger partial charge >= 0.3 is 5.97 Å². The minimum absolute atomic E-state index is 0.176. The van der Waals surface area contributed by atoms with E-state index in [1.165, 1.54) is 26.2 Å². The van der Waals surface area contributed by atoms with Gasteiger partial charge in [-0.15, -0.1) is 0 Å². The van der Waals surface area contributed by atoms with Crippen LogP contribution < -0.4 is 0 Å². The molecule has 1 saturated carbocycles. The number of carboxylic acids is 1. The first-order chi connectivity index (χ1) is 6.43. The summed E-state index contributed by atoms with van der Waals surface area (Å²) >= 11 is 0. The van der Waals surface area contributed by atoms with Crippen molar-refractivity contribution in [3.05, 3.63) is 24.3 Å². The second-order valence-corrected chi connectivity index (χ2v) is 4.60. The van der Waals surface area contributed by atoms with E-state index in [2.05, 4.69) is 25.7 Å². The Morgan fingerprint density at radius 3 is 2.29 bits per heavy atom. The average molecular weight is 194 g/mol. The highest BCUT2D eigenvalue weighted by atomic mass is 16.4. The molecule has 2 unspecified atom stereocenters. The molecule has 78 valence electrons. The number of aliphatic carboxylic acids is 1. The quantitative estimate of drug-likeness (QED) is 0.514. The molecular weight excluding hydrogens is 176 g/mol. The van der Waals surface area contributed by atoms with E-state index >= 15 is 0 Å². The van der Waals surface area contributed by atoms with Crippen molar-refractivity contribution in [2.75, 3.05) is 0 Å². The normalized spacial score (nSPS) is 32.3. The summed E-state index contributed by atoms with van der Waals surface area (Å²) in [7, 11) is 0. The monoisotopic (exact) mass is 194 g/mol. The van der Waals surface area contributed by atoms with Gasteiger partial charge in [-0.25, -0.2) is 4.79 Å². The van der Waals surface area contributed by atoms with E-state index in [1.807, 2.05) is 0 Å². The van der Waals surface area contributed by atoms with Gasteiger partial charge in [-0.2, -0.15) is 0 Å². The zero-order valence-electron chi connectivity index (χ0n) is 8.92. The Hall–Kier alpha value is -1.05. The van der Waals surface area contributed by atoms with Crippen LogP contribution in [0.1, 0.15) is 33.1 Å². The molecule has 2 nitrogen and oxygen atoms in total. The molecule has 0 heterocycles. The number of fused-ring (bicyclic) bond motifs is 2. The molecule has 2 rings (SSSR count). The maximum Gasteiger partial charge on any atom is 0.330 e. The standard InChI is InChI=1S/C8H12.C4H6O2/c1-8-4-2-7(6-8)3-5-8;1-3(2)4(5)6/h2,4,7H,3,5-6H2,1H3;1H2,2H3,(H,5,6). The molecule has 0 radical (unpaired) electrons. The van der Waals surface area contributed by atoms with Gasteiger partial charge in [-0.3, -0.25) is 0 Å². The van der Waals surface area contributed by atoms with Crippen LogP contribution in [0.2, 0.25) is 0 Å². The Labute approximate surface area is 85.3 Å². The third-order valence-corrected chi connectivity index (χ3v) is 2.95. The molecule has 2 bridgehead atoms. The number of rotatable bonds is 1. The predicted octanol–water partition coefficient (Wildman–Crippen LogP) is 3.01. The third-order valence-electron chi connectivity index (χ3n) is 2.95. The van der Waals surface area contributed by atoms with Crippen molar-refractivity contribution in [1.29, 1.82) is 0 Å². The van der Waals surface area contributed by atoms with E-state index in [9.17, 15) is 4.79 Å². The smallest absolute Gasteiger partial charge is 0.330 e. The van der Waals surface area contributed by atoms with Crippen LogP contribution in [0.15, 0.2) is 24.3 Å². The van der Waals surface area contributed by atoms with Gasteiger partial charge in [0.2, 0.25) is 0 Å². The van der Waals surface area contributed by atoms with Crippen LogP contribution in [-0.2, 0) is 4.79 Å². The topological polar surface area (TPSA) is 37.3 Å². The second-order valence-electron chi connectivity index (χ2n) is 4.60. The fourth-order valence-corrected chi connectivity index (χ4v) is 2.00.